The summed E-state index contributed by atoms with van der Waals surface area (Å²) in [6.45, 7) is 5.01. The second-order valence-electron chi connectivity index (χ2n) is 7.57. The fourth-order valence-electron chi connectivity index (χ4n) is 3.29. The molecule has 0 saturated heterocycles. The van der Waals surface area contributed by atoms with Crippen LogP contribution in [0.5, 0.6) is 0 Å². The van der Waals surface area contributed by atoms with Gasteiger partial charge in [0.15, 0.2) is 0 Å². The molecule has 2 nitrogen and oxygen atoms in total. The molecule has 0 fully saturated rings. The Labute approximate surface area is 162 Å². The predicted octanol–water partition coefficient (Wildman–Crippen LogP) is 7.49. The first-order valence-electron chi connectivity index (χ1n) is 11.2. The Bertz CT molecular complexity index is 236. The summed E-state index contributed by atoms with van der Waals surface area (Å²) in [4.78, 5) is 0. The minimum absolute atomic E-state index is 0.137. The highest BCUT2D eigenvalue weighted by Gasteiger charge is 1.98. The molecule has 0 bridgehead atoms. The molecule has 0 N–H and O–H groups in total. The zero-order chi connectivity index (χ0) is 18.4. The van der Waals surface area contributed by atoms with Crippen molar-refractivity contribution < 1.29 is 9.16 Å². The molecular weight excluding hydrogens is 324 g/mol. The van der Waals surface area contributed by atoms with Crippen molar-refractivity contribution in [1.29, 1.82) is 0 Å². The second-order valence-corrected chi connectivity index (χ2v) is 7.80. The van der Waals surface area contributed by atoms with Gasteiger partial charge in [-0.3, -0.25) is 0 Å². The Hall–Kier alpha value is 0.137. The average molecular weight is 370 g/mol. The summed E-state index contributed by atoms with van der Waals surface area (Å²) in [5.74, 6) is 0. The maximum absolute atomic E-state index is 5.45. The Morgan fingerprint density at radius 2 is 0.880 bits per heavy atom. The van der Waals surface area contributed by atoms with Crippen LogP contribution < -0.4 is 0 Å². The lowest BCUT2D eigenvalue weighted by molar-refractivity contribution is -0.0639. The molecule has 25 heavy (non-hydrogen) atoms. The van der Waals surface area contributed by atoms with E-state index in [4.69, 9.17) is 9.16 Å². The van der Waals surface area contributed by atoms with Crippen LogP contribution in [0.1, 0.15) is 129 Å². The third kappa shape index (κ3) is 22.1. The lowest BCUT2D eigenvalue weighted by Gasteiger charge is -2.10. The van der Waals surface area contributed by atoms with E-state index >= 15 is 0 Å². The molecule has 0 aromatic carbocycles. The van der Waals surface area contributed by atoms with E-state index in [2.05, 4.69) is 17.4 Å². The molecule has 3 radical (unpaired) electrons. The summed E-state index contributed by atoms with van der Waals surface area (Å²) >= 11 is 0. The maximum Gasteiger partial charge on any atom is 0.249 e. The molecule has 0 heterocycles. The van der Waals surface area contributed by atoms with Gasteiger partial charge in [-0.05, 0) is 13.3 Å². The topological polar surface area (TPSA) is 18.5 Å². The van der Waals surface area contributed by atoms with E-state index in [1.165, 1.54) is 109 Å². The van der Waals surface area contributed by atoms with Crippen molar-refractivity contribution in [2.45, 2.75) is 136 Å². The van der Waals surface area contributed by atoms with Crippen LogP contribution in [0.4, 0.5) is 0 Å². The van der Waals surface area contributed by atoms with E-state index in [-0.39, 0.29) is 6.29 Å². The summed E-state index contributed by atoms with van der Waals surface area (Å²) in [6, 6.07) is 0. The average Bonchev–Trinajstić information content (AvgIpc) is 2.63. The largest absolute Gasteiger partial charge is 0.394 e. The van der Waals surface area contributed by atoms with Crippen molar-refractivity contribution in [2.75, 3.05) is 6.61 Å². The molecule has 0 spiro atoms. The fraction of sp³-hybridized carbons (Fsp3) is 1.00. The molecule has 0 aromatic heterocycles. The maximum atomic E-state index is 5.45. The monoisotopic (exact) mass is 369 g/mol. The second kappa shape index (κ2) is 22.2. The van der Waals surface area contributed by atoms with Crippen molar-refractivity contribution in [1.82, 2.24) is 0 Å². The molecule has 0 amide bonds. The highest BCUT2D eigenvalue weighted by Crippen LogP contribution is 2.14. The van der Waals surface area contributed by atoms with Crippen molar-refractivity contribution in [3.63, 3.8) is 0 Å². The van der Waals surface area contributed by atoms with Crippen LogP contribution in [-0.2, 0) is 9.16 Å². The summed E-state index contributed by atoms with van der Waals surface area (Å²) < 4.78 is 10.3. The van der Waals surface area contributed by atoms with Gasteiger partial charge in [0.1, 0.15) is 6.29 Å². The first-order valence-corrected chi connectivity index (χ1v) is 11.7. The van der Waals surface area contributed by atoms with Gasteiger partial charge in [0.25, 0.3) is 0 Å². The van der Waals surface area contributed by atoms with Crippen LogP contribution in [0, 0.1) is 0 Å². The fourth-order valence-corrected chi connectivity index (χ4v) is 3.36. The van der Waals surface area contributed by atoms with Gasteiger partial charge in [0, 0.05) is 6.61 Å². The van der Waals surface area contributed by atoms with E-state index in [0.717, 1.165) is 13.0 Å². The molecule has 0 aliphatic carbocycles. The van der Waals surface area contributed by atoms with Gasteiger partial charge < -0.3 is 9.16 Å². The molecule has 0 aliphatic rings. The number of hydrogen-bond donors (Lipinski definition) is 0. The van der Waals surface area contributed by atoms with Crippen molar-refractivity contribution >= 4 is 10.5 Å². The minimum atomic E-state index is -0.137. The van der Waals surface area contributed by atoms with Crippen LogP contribution in [0.3, 0.4) is 0 Å². The Morgan fingerprint density at radius 3 is 1.20 bits per heavy atom. The number of hydrogen-bond acceptors (Lipinski definition) is 2. The van der Waals surface area contributed by atoms with Crippen LogP contribution in [0.2, 0.25) is 0 Å². The quantitative estimate of drug-likeness (QED) is 0.118. The summed E-state index contributed by atoms with van der Waals surface area (Å²) in [7, 11) is 2.99. The van der Waals surface area contributed by atoms with E-state index in [0.29, 0.717) is 0 Å². The molecule has 0 aliphatic heterocycles. The van der Waals surface area contributed by atoms with Crippen LogP contribution in [-0.4, -0.2) is 23.4 Å². The highest BCUT2D eigenvalue weighted by atomic mass is 28.2. The van der Waals surface area contributed by atoms with Crippen LogP contribution in [0.25, 0.3) is 0 Å². The molecule has 149 valence electrons. The number of ether oxygens (including phenoxy) is 1. The molecule has 1 unspecified atom stereocenters. The summed E-state index contributed by atoms with van der Waals surface area (Å²) in [6.07, 6.45) is 25.3. The van der Waals surface area contributed by atoms with Crippen LogP contribution in [0.15, 0.2) is 0 Å². The predicted molar refractivity (Wildman–Crippen MR) is 111 cm³/mol. The first-order chi connectivity index (χ1) is 12.3. The van der Waals surface area contributed by atoms with Crippen molar-refractivity contribution in [3.8, 4) is 0 Å². The van der Waals surface area contributed by atoms with Gasteiger partial charge in [0.2, 0.25) is 10.5 Å². The molecule has 0 saturated carbocycles. The SMILES string of the molecule is CCCCCCCCCCCCCCCCCCCCOC(C)O[Si]. The van der Waals surface area contributed by atoms with E-state index in [1.807, 2.05) is 6.92 Å². The van der Waals surface area contributed by atoms with Gasteiger partial charge in [-0.1, -0.05) is 116 Å². The summed E-state index contributed by atoms with van der Waals surface area (Å²) in [5.41, 5.74) is 0. The molecule has 0 aromatic rings. The standard InChI is InChI=1S/C22H45O2Si/c1-3-4-5-6-7-8-9-10-11-12-13-14-15-16-17-18-19-20-21-23-22(2)24-25/h22H,3-21H2,1-2H3. The van der Waals surface area contributed by atoms with Gasteiger partial charge in [-0.25, -0.2) is 0 Å². The number of unbranched alkanes of at least 4 members (excludes halogenated alkanes) is 17. The van der Waals surface area contributed by atoms with E-state index < -0.39 is 0 Å². The molecule has 0 rings (SSSR count). The normalized spacial score (nSPS) is 12.6. The highest BCUT2D eigenvalue weighted by molar-refractivity contribution is 5.98. The van der Waals surface area contributed by atoms with Gasteiger partial charge in [-0.2, -0.15) is 0 Å². The zero-order valence-corrected chi connectivity index (χ0v) is 18.3. The molecule has 3 heteroatoms. The van der Waals surface area contributed by atoms with Crippen molar-refractivity contribution in [3.05, 3.63) is 0 Å². The Morgan fingerprint density at radius 1 is 0.560 bits per heavy atom. The van der Waals surface area contributed by atoms with Gasteiger partial charge >= 0.3 is 0 Å². The first kappa shape index (κ1) is 25.1. The molecular formula is C22H45O2Si. The van der Waals surface area contributed by atoms with Gasteiger partial charge in [-0.15, -0.1) is 0 Å². The Balaban J connectivity index is 2.98. The minimum Gasteiger partial charge on any atom is -0.394 e. The molecule has 1 atom stereocenters. The van der Waals surface area contributed by atoms with E-state index in [9.17, 15) is 0 Å². The smallest absolute Gasteiger partial charge is 0.249 e. The number of rotatable bonds is 21. The zero-order valence-electron chi connectivity index (χ0n) is 17.3. The third-order valence-corrected chi connectivity index (χ3v) is 5.35. The van der Waals surface area contributed by atoms with Gasteiger partial charge in [0.05, 0.1) is 0 Å². The lowest BCUT2D eigenvalue weighted by atomic mass is 10.0. The van der Waals surface area contributed by atoms with E-state index in [1.54, 1.807) is 0 Å². The Kier molecular flexibility index (Phi) is 22.3. The van der Waals surface area contributed by atoms with Crippen molar-refractivity contribution in [2.24, 2.45) is 0 Å². The van der Waals surface area contributed by atoms with Crippen LogP contribution >= 0.6 is 0 Å². The summed E-state index contributed by atoms with van der Waals surface area (Å²) in [5, 5.41) is 0. The third-order valence-electron chi connectivity index (χ3n) is 5.02. The lowest BCUT2D eigenvalue weighted by Crippen LogP contribution is -2.11.